The topological polar surface area (TPSA) is 62.8 Å². The zero-order valence-corrected chi connectivity index (χ0v) is 21.4. The fourth-order valence-electron chi connectivity index (χ4n) is 4.55. The second kappa shape index (κ2) is 9.69. The number of imidazole rings is 1. The molecule has 0 spiro atoms. The van der Waals surface area contributed by atoms with E-state index in [1.54, 1.807) is 12.1 Å². The first-order chi connectivity index (χ1) is 17.3. The summed E-state index contributed by atoms with van der Waals surface area (Å²) in [5.74, 6) is -0.147. The Balaban J connectivity index is 1.63. The van der Waals surface area contributed by atoms with Gasteiger partial charge in [0.25, 0.3) is 0 Å². The Labute approximate surface area is 219 Å². The molecule has 4 aromatic carbocycles. The van der Waals surface area contributed by atoms with Crippen LogP contribution in [0.5, 0.6) is 0 Å². The first-order valence-electron chi connectivity index (χ1n) is 11.5. The van der Waals surface area contributed by atoms with Gasteiger partial charge in [-0.1, -0.05) is 65.7 Å². The highest BCUT2D eigenvalue weighted by molar-refractivity contribution is 6.31. The number of rotatable bonds is 5. The normalized spacial score (nSPS) is 11.1. The van der Waals surface area contributed by atoms with Crippen molar-refractivity contribution in [3.05, 3.63) is 112 Å². The van der Waals surface area contributed by atoms with Gasteiger partial charge in [-0.15, -0.1) is 0 Å². The van der Waals surface area contributed by atoms with Crippen LogP contribution in [0.15, 0.2) is 84.9 Å². The fourth-order valence-corrected chi connectivity index (χ4v) is 4.91. The largest absolute Gasteiger partial charge is 0.326 e. The summed E-state index contributed by atoms with van der Waals surface area (Å²) < 4.78 is 3.93. The lowest BCUT2D eigenvalue weighted by atomic mass is 10.0. The van der Waals surface area contributed by atoms with Crippen LogP contribution in [0.4, 0.5) is 5.69 Å². The highest BCUT2D eigenvalue weighted by Gasteiger charge is 2.16. The molecule has 0 saturated heterocycles. The number of hydrogen-bond acceptors (Lipinski definition) is 2. The molecule has 180 valence electrons. The minimum atomic E-state index is -0.147. The molecular weight excluding hydrogens is 491 g/mol. The maximum absolute atomic E-state index is 11.7. The van der Waals surface area contributed by atoms with Crippen molar-refractivity contribution < 1.29 is 4.79 Å². The summed E-state index contributed by atoms with van der Waals surface area (Å²) in [5, 5.41) is 13.2. The summed E-state index contributed by atoms with van der Waals surface area (Å²) in [6, 6.07) is 27.1. The van der Waals surface area contributed by atoms with Crippen molar-refractivity contribution in [3.63, 3.8) is 0 Å². The lowest BCUT2D eigenvalue weighted by molar-refractivity contribution is -0.114. The van der Waals surface area contributed by atoms with Gasteiger partial charge in [0, 0.05) is 33.9 Å². The summed E-state index contributed by atoms with van der Waals surface area (Å²) in [4.78, 5) is 11.7. The highest BCUT2D eigenvalue weighted by Crippen LogP contribution is 2.32. The van der Waals surface area contributed by atoms with Gasteiger partial charge in [0.2, 0.25) is 11.5 Å². The summed E-state index contributed by atoms with van der Waals surface area (Å²) in [6.45, 7) is 4.03. The van der Waals surface area contributed by atoms with E-state index in [1.807, 2.05) is 75.9 Å². The van der Waals surface area contributed by atoms with Crippen molar-refractivity contribution in [2.45, 2.75) is 20.4 Å². The zero-order chi connectivity index (χ0) is 25.4. The summed E-state index contributed by atoms with van der Waals surface area (Å²) >= 11 is 12.7. The summed E-state index contributed by atoms with van der Waals surface area (Å²) in [5.41, 5.74) is 7.63. The maximum atomic E-state index is 11.7. The Morgan fingerprint density at radius 2 is 1.69 bits per heavy atom. The number of anilines is 1. The van der Waals surface area contributed by atoms with Gasteiger partial charge in [-0.25, -0.2) is 0 Å². The Morgan fingerprint density at radius 3 is 2.42 bits per heavy atom. The standard InChI is InChI=1S/C29H24Cl2N4O/c1-18-6-5-9-27-28(18)35(29(32)34(27)17-21-7-3-4-8-25(21)31)23-13-10-20(11-14-23)24-16-22(30)12-15-26(24)33-19(2)36/h3-16,32H,17H2,1-2H3,(H,33,36). The van der Waals surface area contributed by atoms with Crippen LogP contribution in [0, 0.1) is 12.3 Å². The molecule has 2 N–H and O–H groups in total. The van der Waals surface area contributed by atoms with E-state index in [-0.39, 0.29) is 5.91 Å². The molecule has 1 amide bonds. The number of nitrogens with one attached hydrogen (secondary N) is 2. The SMILES string of the molecule is CC(=O)Nc1ccc(Cl)cc1-c1ccc(-n2c(=N)n(Cc3ccccc3Cl)c3cccc(C)c32)cc1. The summed E-state index contributed by atoms with van der Waals surface area (Å²) in [7, 11) is 0. The molecule has 0 radical (unpaired) electrons. The van der Waals surface area contributed by atoms with Crippen LogP contribution in [-0.4, -0.2) is 15.0 Å². The van der Waals surface area contributed by atoms with Gasteiger partial charge < -0.3 is 9.88 Å². The maximum Gasteiger partial charge on any atom is 0.221 e. The molecule has 5 aromatic rings. The first kappa shape index (κ1) is 23.9. The number of para-hydroxylation sites is 1. The number of fused-ring (bicyclic) bond motifs is 1. The third kappa shape index (κ3) is 4.43. The molecule has 0 fully saturated rings. The number of aryl methyl sites for hydroxylation is 1. The molecule has 1 aromatic heterocycles. The van der Waals surface area contributed by atoms with Crippen molar-refractivity contribution in [1.82, 2.24) is 9.13 Å². The molecule has 36 heavy (non-hydrogen) atoms. The van der Waals surface area contributed by atoms with Gasteiger partial charge in [0.15, 0.2) is 0 Å². The average Bonchev–Trinajstić information content (AvgIpc) is 3.14. The molecule has 5 rings (SSSR count). The lowest BCUT2D eigenvalue weighted by Gasteiger charge is -2.12. The van der Waals surface area contributed by atoms with E-state index >= 15 is 0 Å². The van der Waals surface area contributed by atoms with E-state index in [0.29, 0.717) is 27.9 Å². The van der Waals surface area contributed by atoms with Gasteiger partial charge in [-0.05, 0) is 66.1 Å². The Morgan fingerprint density at radius 1 is 0.944 bits per heavy atom. The minimum absolute atomic E-state index is 0.147. The minimum Gasteiger partial charge on any atom is -0.326 e. The van der Waals surface area contributed by atoms with E-state index in [1.165, 1.54) is 6.92 Å². The van der Waals surface area contributed by atoms with E-state index in [0.717, 1.165) is 39.0 Å². The highest BCUT2D eigenvalue weighted by atomic mass is 35.5. The quantitative estimate of drug-likeness (QED) is 0.256. The van der Waals surface area contributed by atoms with Crippen LogP contribution >= 0.6 is 23.2 Å². The second-order valence-corrected chi connectivity index (χ2v) is 9.54. The number of carbonyl (C=O) groups excluding carboxylic acids is 1. The van der Waals surface area contributed by atoms with Crippen molar-refractivity contribution in [3.8, 4) is 16.8 Å². The van der Waals surface area contributed by atoms with Gasteiger partial charge in [-0.2, -0.15) is 0 Å². The van der Waals surface area contributed by atoms with Gasteiger partial charge in [0.1, 0.15) is 0 Å². The number of carbonyl (C=O) groups is 1. The molecule has 1 heterocycles. The molecule has 0 atom stereocenters. The molecule has 0 bridgehead atoms. The van der Waals surface area contributed by atoms with Gasteiger partial charge in [0.05, 0.1) is 17.6 Å². The van der Waals surface area contributed by atoms with Crippen molar-refractivity contribution in [2.24, 2.45) is 0 Å². The van der Waals surface area contributed by atoms with Gasteiger partial charge >= 0.3 is 0 Å². The third-order valence-electron chi connectivity index (χ3n) is 6.21. The molecule has 5 nitrogen and oxygen atoms in total. The van der Waals surface area contributed by atoms with E-state index < -0.39 is 0 Å². The molecule has 0 aliphatic carbocycles. The number of benzene rings is 4. The van der Waals surface area contributed by atoms with Crippen LogP contribution in [0.2, 0.25) is 10.0 Å². The molecule has 0 saturated carbocycles. The molecular formula is C29H24Cl2N4O. The lowest BCUT2D eigenvalue weighted by Crippen LogP contribution is -2.24. The van der Waals surface area contributed by atoms with Gasteiger partial charge in [-0.3, -0.25) is 14.8 Å². The number of amides is 1. The molecule has 7 heteroatoms. The van der Waals surface area contributed by atoms with E-state index in [9.17, 15) is 4.79 Å². The fraction of sp³-hybridized carbons (Fsp3) is 0.103. The van der Waals surface area contributed by atoms with Crippen LogP contribution in [0.25, 0.3) is 27.8 Å². The molecule has 0 aliphatic heterocycles. The Kier molecular flexibility index (Phi) is 6.44. The van der Waals surface area contributed by atoms with Crippen LogP contribution in [0.3, 0.4) is 0 Å². The van der Waals surface area contributed by atoms with Crippen molar-refractivity contribution >= 4 is 45.8 Å². The number of aromatic nitrogens is 2. The average molecular weight is 515 g/mol. The predicted octanol–water partition coefficient (Wildman–Crippen LogP) is 7.20. The zero-order valence-electron chi connectivity index (χ0n) is 19.8. The van der Waals surface area contributed by atoms with Crippen molar-refractivity contribution in [1.29, 1.82) is 5.41 Å². The smallest absolute Gasteiger partial charge is 0.221 e. The van der Waals surface area contributed by atoms with E-state index in [2.05, 4.69) is 18.3 Å². The predicted molar refractivity (Wildman–Crippen MR) is 147 cm³/mol. The molecule has 0 aliphatic rings. The Bertz CT molecular complexity index is 1670. The van der Waals surface area contributed by atoms with Crippen molar-refractivity contribution in [2.75, 3.05) is 5.32 Å². The molecule has 0 unspecified atom stereocenters. The Hall–Kier alpha value is -3.80. The number of nitrogens with zero attached hydrogens (tertiary/aromatic N) is 2. The number of halogens is 2. The van der Waals surface area contributed by atoms with Crippen LogP contribution in [0.1, 0.15) is 18.1 Å². The monoisotopic (exact) mass is 514 g/mol. The first-order valence-corrected chi connectivity index (χ1v) is 12.3. The van der Waals surface area contributed by atoms with Crippen LogP contribution in [-0.2, 0) is 11.3 Å². The van der Waals surface area contributed by atoms with Crippen LogP contribution < -0.4 is 10.9 Å². The number of hydrogen-bond donors (Lipinski definition) is 2. The second-order valence-electron chi connectivity index (χ2n) is 8.70. The third-order valence-corrected chi connectivity index (χ3v) is 6.82. The van der Waals surface area contributed by atoms with E-state index in [4.69, 9.17) is 28.6 Å². The summed E-state index contributed by atoms with van der Waals surface area (Å²) in [6.07, 6.45) is 0.